The van der Waals surface area contributed by atoms with E-state index in [1.807, 2.05) is 26.0 Å². The number of hydrogen-bond donors (Lipinski definition) is 1. The van der Waals surface area contributed by atoms with Gasteiger partial charge in [0.1, 0.15) is 0 Å². The number of allylic oxidation sites excluding steroid dienone is 3. The van der Waals surface area contributed by atoms with Gasteiger partial charge in [-0.3, -0.25) is 0 Å². The summed E-state index contributed by atoms with van der Waals surface area (Å²) in [5, 5.41) is 7.00. The highest BCUT2D eigenvalue weighted by Gasteiger charge is 2.07. The van der Waals surface area contributed by atoms with E-state index in [1.165, 1.54) is 24.0 Å². The van der Waals surface area contributed by atoms with Gasteiger partial charge in [-0.05, 0) is 38.2 Å². The number of nitrogens with zero attached hydrogens (tertiary/aromatic N) is 1. The predicted molar refractivity (Wildman–Crippen MR) is 98.5 cm³/mol. The Hall–Kier alpha value is -1.28. The van der Waals surface area contributed by atoms with Crippen LogP contribution >= 0.6 is 0 Å². The minimum absolute atomic E-state index is 1.00. The van der Waals surface area contributed by atoms with Gasteiger partial charge in [0, 0.05) is 26.4 Å². The second kappa shape index (κ2) is 18.7. The van der Waals surface area contributed by atoms with Crippen LogP contribution in [-0.2, 0) is 0 Å². The number of rotatable bonds is 9. The Bertz CT molecular complexity index is 303. The third-order valence-corrected chi connectivity index (χ3v) is 3.12. The van der Waals surface area contributed by atoms with Crippen molar-refractivity contribution in [2.45, 2.75) is 53.4 Å². The standard InChI is InChI=1S/C16H27N.C2H6.CH4O/c1-7-10-11-12-13-17(6)15(5)16(9-3)14(4)8-2;2*1-2/h7,9H,1,3,5,8,10-13H2,2,4,6H3;1-2H3;2H,1H3/b16-14+;;. The molecule has 21 heavy (non-hydrogen) atoms. The van der Waals surface area contributed by atoms with E-state index in [1.54, 1.807) is 0 Å². The van der Waals surface area contributed by atoms with Crippen molar-refractivity contribution in [1.82, 2.24) is 4.90 Å². The van der Waals surface area contributed by atoms with E-state index in [2.05, 4.69) is 45.5 Å². The second-order valence-corrected chi connectivity index (χ2v) is 4.40. The Morgan fingerprint density at radius 1 is 1.14 bits per heavy atom. The lowest BCUT2D eigenvalue weighted by Gasteiger charge is -2.23. The van der Waals surface area contributed by atoms with Gasteiger partial charge in [-0.2, -0.15) is 0 Å². The van der Waals surface area contributed by atoms with E-state index in [4.69, 9.17) is 5.11 Å². The molecule has 124 valence electrons. The third kappa shape index (κ3) is 12.2. The van der Waals surface area contributed by atoms with Crippen LogP contribution in [0.25, 0.3) is 0 Å². The molecule has 0 fully saturated rings. The molecule has 0 aromatic carbocycles. The van der Waals surface area contributed by atoms with Gasteiger partial charge < -0.3 is 10.0 Å². The number of aliphatic hydroxyl groups excluding tert-OH is 1. The van der Waals surface area contributed by atoms with Gasteiger partial charge in [0.25, 0.3) is 0 Å². The predicted octanol–water partition coefficient (Wildman–Crippen LogP) is 5.34. The van der Waals surface area contributed by atoms with Crippen molar-refractivity contribution in [1.29, 1.82) is 0 Å². The SMILES string of the molecule is C=CCCCCN(C)C(=C)/C(C=C)=C(\C)CC.CC.CO. The van der Waals surface area contributed by atoms with E-state index in [0.717, 1.165) is 32.2 Å². The average Bonchev–Trinajstić information content (AvgIpc) is 2.55. The van der Waals surface area contributed by atoms with Crippen molar-refractivity contribution in [2.75, 3.05) is 20.7 Å². The molecule has 0 unspecified atom stereocenters. The Morgan fingerprint density at radius 3 is 2.05 bits per heavy atom. The smallest absolute Gasteiger partial charge is 0.0363 e. The van der Waals surface area contributed by atoms with Crippen molar-refractivity contribution >= 4 is 0 Å². The molecule has 1 N–H and O–H groups in total. The topological polar surface area (TPSA) is 23.5 Å². The summed E-state index contributed by atoms with van der Waals surface area (Å²) in [7, 11) is 3.10. The number of unbranched alkanes of at least 4 members (excludes halogenated alkanes) is 2. The van der Waals surface area contributed by atoms with Crippen LogP contribution in [0.4, 0.5) is 0 Å². The first-order chi connectivity index (χ1) is 10.1. The van der Waals surface area contributed by atoms with Crippen LogP contribution in [0.5, 0.6) is 0 Å². The highest BCUT2D eigenvalue weighted by Crippen LogP contribution is 2.19. The molecule has 2 heteroatoms. The summed E-state index contributed by atoms with van der Waals surface area (Å²) >= 11 is 0. The molecule has 0 aromatic rings. The minimum Gasteiger partial charge on any atom is -0.400 e. The fraction of sp³-hybridized carbons (Fsp3) is 0.579. The molecule has 0 saturated carbocycles. The molecule has 0 heterocycles. The molecule has 0 bridgehead atoms. The summed E-state index contributed by atoms with van der Waals surface area (Å²) < 4.78 is 0. The molecule has 0 saturated heterocycles. The Morgan fingerprint density at radius 2 is 1.67 bits per heavy atom. The molecule has 0 aliphatic carbocycles. The first-order valence-corrected chi connectivity index (χ1v) is 7.86. The zero-order valence-electron chi connectivity index (χ0n) is 15.2. The van der Waals surface area contributed by atoms with Crippen molar-refractivity contribution in [3.63, 3.8) is 0 Å². The Balaban J connectivity index is -0.000000739. The van der Waals surface area contributed by atoms with Crippen molar-refractivity contribution in [3.8, 4) is 0 Å². The van der Waals surface area contributed by atoms with Gasteiger partial charge in [-0.25, -0.2) is 0 Å². The molecule has 0 spiro atoms. The third-order valence-electron chi connectivity index (χ3n) is 3.12. The quantitative estimate of drug-likeness (QED) is 0.353. The first kappa shape index (κ1) is 24.7. The van der Waals surface area contributed by atoms with Gasteiger partial charge in [0.05, 0.1) is 0 Å². The first-order valence-electron chi connectivity index (χ1n) is 7.86. The molecule has 0 aliphatic heterocycles. The molecule has 2 nitrogen and oxygen atoms in total. The summed E-state index contributed by atoms with van der Waals surface area (Å²) in [4.78, 5) is 2.22. The van der Waals surface area contributed by atoms with Gasteiger partial charge in [-0.15, -0.1) is 6.58 Å². The zero-order valence-corrected chi connectivity index (χ0v) is 15.2. The molecule has 0 aromatic heterocycles. The monoisotopic (exact) mass is 295 g/mol. The zero-order chi connectivity index (χ0) is 17.3. The van der Waals surface area contributed by atoms with Crippen LogP contribution in [0.1, 0.15) is 53.4 Å². The van der Waals surface area contributed by atoms with E-state index in [0.29, 0.717) is 0 Å². The fourth-order valence-corrected chi connectivity index (χ4v) is 1.71. The summed E-state index contributed by atoms with van der Waals surface area (Å²) in [5.41, 5.74) is 3.62. The molecular formula is C19H37NO. The lowest BCUT2D eigenvalue weighted by atomic mass is 10.0. The maximum absolute atomic E-state index is 7.00. The highest BCUT2D eigenvalue weighted by atomic mass is 16.2. The summed E-state index contributed by atoms with van der Waals surface area (Å²) in [5.74, 6) is 0. The fourth-order valence-electron chi connectivity index (χ4n) is 1.71. The highest BCUT2D eigenvalue weighted by molar-refractivity contribution is 5.39. The van der Waals surface area contributed by atoms with Crippen LogP contribution in [-0.4, -0.2) is 30.7 Å². The van der Waals surface area contributed by atoms with Crippen LogP contribution in [0.2, 0.25) is 0 Å². The molecular weight excluding hydrogens is 258 g/mol. The largest absolute Gasteiger partial charge is 0.400 e. The second-order valence-electron chi connectivity index (χ2n) is 4.40. The lowest BCUT2D eigenvalue weighted by Crippen LogP contribution is -2.19. The van der Waals surface area contributed by atoms with E-state index in [9.17, 15) is 0 Å². The van der Waals surface area contributed by atoms with Crippen LogP contribution in [0.15, 0.2) is 48.7 Å². The lowest BCUT2D eigenvalue weighted by molar-refractivity contribution is 0.399. The normalized spacial score (nSPS) is 10.0. The van der Waals surface area contributed by atoms with Crippen molar-refractivity contribution in [2.24, 2.45) is 0 Å². The van der Waals surface area contributed by atoms with E-state index in [-0.39, 0.29) is 0 Å². The van der Waals surface area contributed by atoms with Crippen LogP contribution in [0, 0.1) is 0 Å². The van der Waals surface area contributed by atoms with Gasteiger partial charge in [0.15, 0.2) is 0 Å². The minimum atomic E-state index is 1.00. The Kier molecular flexibility index (Phi) is 22.0. The molecule has 0 aliphatic rings. The Labute approximate surface area is 133 Å². The number of likely N-dealkylation sites (N-methyl/N-ethyl adjacent to an activating group) is 1. The van der Waals surface area contributed by atoms with Gasteiger partial charge in [-0.1, -0.05) is 51.7 Å². The van der Waals surface area contributed by atoms with Crippen LogP contribution < -0.4 is 0 Å². The number of hydrogen-bond acceptors (Lipinski definition) is 2. The average molecular weight is 296 g/mol. The summed E-state index contributed by atoms with van der Waals surface area (Å²) in [6.07, 6.45) is 8.41. The van der Waals surface area contributed by atoms with Crippen LogP contribution in [0.3, 0.4) is 0 Å². The van der Waals surface area contributed by atoms with Gasteiger partial charge in [0.2, 0.25) is 0 Å². The van der Waals surface area contributed by atoms with Crippen molar-refractivity contribution < 1.29 is 5.11 Å². The molecule has 0 atom stereocenters. The molecule has 0 rings (SSSR count). The number of aliphatic hydroxyl groups is 1. The van der Waals surface area contributed by atoms with E-state index >= 15 is 0 Å². The van der Waals surface area contributed by atoms with E-state index < -0.39 is 0 Å². The molecule has 0 radical (unpaired) electrons. The van der Waals surface area contributed by atoms with Crippen molar-refractivity contribution in [3.05, 3.63) is 48.7 Å². The summed E-state index contributed by atoms with van der Waals surface area (Å²) in [6.45, 7) is 21.1. The maximum atomic E-state index is 7.00. The van der Waals surface area contributed by atoms with Gasteiger partial charge >= 0.3 is 0 Å². The molecule has 0 amide bonds. The summed E-state index contributed by atoms with van der Waals surface area (Å²) in [6, 6.07) is 0. The maximum Gasteiger partial charge on any atom is 0.0363 e.